The minimum atomic E-state index is -0.928. The fourth-order valence-electron chi connectivity index (χ4n) is 2.47. The molecule has 0 saturated heterocycles. The first-order valence-corrected chi connectivity index (χ1v) is 9.18. The summed E-state index contributed by atoms with van der Waals surface area (Å²) in [6, 6.07) is 10.8. The predicted molar refractivity (Wildman–Crippen MR) is 107 cm³/mol. The molecule has 0 bridgehead atoms. The van der Waals surface area contributed by atoms with Crippen molar-refractivity contribution >= 4 is 51.0 Å². The van der Waals surface area contributed by atoms with E-state index in [9.17, 15) is 14.4 Å². The Morgan fingerprint density at radius 1 is 1.19 bits per heavy atom. The van der Waals surface area contributed by atoms with Crippen LogP contribution in [0.2, 0.25) is 5.02 Å². The van der Waals surface area contributed by atoms with Gasteiger partial charge in [-0.3, -0.25) is 9.59 Å². The first-order chi connectivity index (χ1) is 12.8. The van der Waals surface area contributed by atoms with Crippen molar-refractivity contribution in [2.75, 3.05) is 12.4 Å². The van der Waals surface area contributed by atoms with E-state index in [1.165, 1.54) is 14.0 Å². The molecule has 2 aromatic rings. The Balaban J connectivity index is 2.26. The average Bonchev–Trinajstić information content (AvgIpc) is 2.63. The number of anilines is 1. The highest BCUT2D eigenvalue weighted by molar-refractivity contribution is 9.10. The normalized spacial score (nSPS) is 11.4. The molecule has 2 N–H and O–H groups in total. The summed E-state index contributed by atoms with van der Waals surface area (Å²) in [5.41, 5.74) is 1.34. The largest absolute Gasteiger partial charge is 0.467 e. The molecule has 27 heavy (non-hydrogen) atoms. The topological polar surface area (TPSA) is 84.5 Å². The Labute approximate surface area is 170 Å². The zero-order valence-corrected chi connectivity index (χ0v) is 17.1. The van der Waals surface area contributed by atoms with Crippen molar-refractivity contribution in [3.8, 4) is 0 Å². The smallest absolute Gasteiger partial charge is 0.328 e. The lowest BCUT2D eigenvalue weighted by Gasteiger charge is -2.18. The fraction of sp³-hybridized carbons (Fsp3) is 0.211. The van der Waals surface area contributed by atoms with Crippen molar-refractivity contribution in [3.05, 3.63) is 63.1 Å². The first kappa shape index (κ1) is 20.9. The van der Waals surface area contributed by atoms with E-state index in [1.807, 2.05) is 0 Å². The van der Waals surface area contributed by atoms with E-state index in [-0.39, 0.29) is 17.9 Å². The van der Waals surface area contributed by atoms with E-state index < -0.39 is 17.9 Å². The van der Waals surface area contributed by atoms with Crippen LogP contribution in [-0.2, 0) is 20.7 Å². The average molecular weight is 454 g/mol. The van der Waals surface area contributed by atoms with Gasteiger partial charge in [0.2, 0.25) is 5.91 Å². The van der Waals surface area contributed by atoms with Crippen LogP contribution >= 0.6 is 27.5 Å². The van der Waals surface area contributed by atoms with Crippen LogP contribution in [-0.4, -0.2) is 30.9 Å². The van der Waals surface area contributed by atoms with Gasteiger partial charge >= 0.3 is 5.97 Å². The predicted octanol–water partition coefficient (Wildman–Crippen LogP) is 3.58. The SMILES string of the molecule is COC(=O)[C@@H](Cc1cc(Cl)ccc1Br)NC(=O)c1ccccc1NC(C)=O. The molecule has 0 heterocycles. The fourth-order valence-corrected chi connectivity index (χ4v) is 3.07. The van der Waals surface area contributed by atoms with E-state index in [0.717, 1.165) is 10.0 Å². The monoisotopic (exact) mass is 452 g/mol. The molecule has 0 spiro atoms. The third-order valence-corrected chi connectivity index (χ3v) is 4.71. The Morgan fingerprint density at radius 3 is 2.56 bits per heavy atom. The van der Waals surface area contributed by atoms with Gasteiger partial charge in [-0.1, -0.05) is 39.7 Å². The summed E-state index contributed by atoms with van der Waals surface area (Å²) in [6.07, 6.45) is 0.182. The molecule has 2 rings (SSSR count). The van der Waals surface area contributed by atoms with Crippen LogP contribution < -0.4 is 10.6 Å². The molecule has 142 valence electrons. The molecule has 0 aliphatic carbocycles. The number of carbonyl (C=O) groups excluding carboxylic acids is 3. The lowest BCUT2D eigenvalue weighted by Crippen LogP contribution is -2.43. The molecule has 8 heteroatoms. The zero-order valence-electron chi connectivity index (χ0n) is 14.7. The molecule has 0 aliphatic rings. The summed E-state index contributed by atoms with van der Waals surface area (Å²) in [6.45, 7) is 1.35. The number of esters is 1. The number of ether oxygens (including phenoxy) is 1. The highest BCUT2D eigenvalue weighted by Crippen LogP contribution is 2.23. The second-order valence-corrected chi connectivity index (χ2v) is 7.01. The van der Waals surface area contributed by atoms with Crippen molar-refractivity contribution in [1.29, 1.82) is 0 Å². The zero-order chi connectivity index (χ0) is 20.0. The number of hydrogen-bond donors (Lipinski definition) is 2. The number of hydrogen-bond acceptors (Lipinski definition) is 4. The summed E-state index contributed by atoms with van der Waals surface area (Å²) in [7, 11) is 1.25. The number of rotatable bonds is 6. The van der Waals surface area contributed by atoms with Gasteiger partial charge in [-0.2, -0.15) is 0 Å². The molecular weight excluding hydrogens is 436 g/mol. The molecule has 0 aliphatic heterocycles. The van der Waals surface area contributed by atoms with Crippen molar-refractivity contribution in [1.82, 2.24) is 5.32 Å². The van der Waals surface area contributed by atoms with Gasteiger partial charge < -0.3 is 15.4 Å². The van der Waals surface area contributed by atoms with Crippen molar-refractivity contribution in [3.63, 3.8) is 0 Å². The van der Waals surface area contributed by atoms with Crippen LogP contribution in [0.3, 0.4) is 0 Å². The second-order valence-electron chi connectivity index (χ2n) is 5.72. The van der Waals surface area contributed by atoms with Gasteiger partial charge in [-0.05, 0) is 35.9 Å². The van der Waals surface area contributed by atoms with Crippen molar-refractivity contribution in [2.45, 2.75) is 19.4 Å². The second kappa shape index (κ2) is 9.53. The Kier molecular flexibility index (Phi) is 7.38. The van der Waals surface area contributed by atoms with Gasteiger partial charge in [-0.15, -0.1) is 0 Å². The molecule has 0 saturated carbocycles. The minimum absolute atomic E-state index is 0.182. The standard InChI is InChI=1S/C19H18BrClN2O4/c1-11(24)22-16-6-4-3-5-14(16)18(25)23-17(19(26)27-2)10-12-9-13(21)7-8-15(12)20/h3-9,17H,10H2,1-2H3,(H,22,24)(H,23,25)/t17-/m1/s1. The summed E-state index contributed by atoms with van der Waals surface area (Å²) >= 11 is 9.43. The minimum Gasteiger partial charge on any atom is -0.467 e. The molecule has 2 amide bonds. The third kappa shape index (κ3) is 5.80. The number of nitrogens with one attached hydrogen (secondary N) is 2. The number of para-hydroxylation sites is 1. The number of halogens is 2. The summed E-state index contributed by atoms with van der Waals surface area (Å²) in [5, 5.41) is 5.77. The summed E-state index contributed by atoms with van der Waals surface area (Å²) < 4.78 is 5.57. The number of methoxy groups -OCH3 is 1. The molecule has 2 aromatic carbocycles. The molecule has 0 aromatic heterocycles. The van der Waals surface area contributed by atoms with Gasteiger partial charge in [0.15, 0.2) is 0 Å². The van der Waals surface area contributed by atoms with E-state index in [1.54, 1.807) is 42.5 Å². The van der Waals surface area contributed by atoms with Crippen LogP contribution in [0.25, 0.3) is 0 Å². The van der Waals surface area contributed by atoms with Crippen LogP contribution in [0.15, 0.2) is 46.9 Å². The number of amides is 2. The summed E-state index contributed by atoms with van der Waals surface area (Å²) in [4.78, 5) is 36.2. The van der Waals surface area contributed by atoms with Crippen LogP contribution in [0.4, 0.5) is 5.69 Å². The number of carbonyl (C=O) groups is 3. The van der Waals surface area contributed by atoms with Crippen LogP contribution in [0.5, 0.6) is 0 Å². The van der Waals surface area contributed by atoms with Crippen LogP contribution in [0, 0.1) is 0 Å². The molecular formula is C19H18BrClN2O4. The van der Waals surface area contributed by atoms with Gasteiger partial charge in [0.25, 0.3) is 5.91 Å². The van der Waals surface area contributed by atoms with E-state index in [0.29, 0.717) is 10.7 Å². The maximum Gasteiger partial charge on any atom is 0.328 e. The Hall–Kier alpha value is -2.38. The van der Waals surface area contributed by atoms with E-state index in [2.05, 4.69) is 26.6 Å². The van der Waals surface area contributed by atoms with Gasteiger partial charge in [0, 0.05) is 22.8 Å². The van der Waals surface area contributed by atoms with Gasteiger partial charge in [-0.25, -0.2) is 4.79 Å². The molecule has 6 nitrogen and oxygen atoms in total. The Bertz CT molecular complexity index is 873. The first-order valence-electron chi connectivity index (χ1n) is 8.01. The summed E-state index contributed by atoms with van der Waals surface area (Å²) in [5.74, 6) is -1.40. The van der Waals surface area contributed by atoms with E-state index in [4.69, 9.17) is 16.3 Å². The highest BCUT2D eigenvalue weighted by Gasteiger charge is 2.24. The third-order valence-electron chi connectivity index (χ3n) is 3.71. The lowest BCUT2D eigenvalue weighted by molar-refractivity contribution is -0.142. The van der Waals surface area contributed by atoms with Crippen molar-refractivity contribution < 1.29 is 19.1 Å². The van der Waals surface area contributed by atoms with E-state index >= 15 is 0 Å². The van der Waals surface area contributed by atoms with Crippen molar-refractivity contribution in [2.24, 2.45) is 0 Å². The molecule has 1 atom stereocenters. The highest BCUT2D eigenvalue weighted by atomic mass is 79.9. The number of benzene rings is 2. The van der Waals surface area contributed by atoms with Gasteiger partial charge in [0.05, 0.1) is 18.4 Å². The Morgan fingerprint density at radius 2 is 1.89 bits per heavy atom. The molecule has 0 unspecified atom stereocenters. The maximum absolute atomic E-state index is 12.7. The lowest BCUT2D eigenvalue weighted by atomic mass is 10.0. The quantitative estimate of drug-likeness (QED) is 0.655. The molecule has 0 fully saturated rings. The molecule has 0 radical (unpaired) electrons. The van der Waals surface area contributed by atoms with Crippen LogP contribution in [0.1, 0.15) is 22.8 Å². The maximum atomic E-state index is 12.7. The van der Waals surface area contributed by atoms with Gasteiger partial charge in [0.1, 0.15) is 6.04 Å².